The van der Waals surface area contributed by atoms with Gasteiger partial charge in [0.25, 0.3) is 0 Å². The number of rotatable bonds is 3. The summed E-state index contributed by atoms with van der Waals surface area (Å²) in [5.74, 6) is 2.25. The monoisotopic (exact) mass is 251 g/mol. The van der Waals surface area contributed by atoms with Crippen molar-refractivity contribution in [3.8, 4) is 5.75 Å². The highest BCUT2D eigenvalue weighted by Crippen LogP contribution is 2.31. The molecule has 0 amide bonds. The smallest absolute Gasteiger partial charge is 0.142 e. The van der Waals surface area contributed by atoms with Crippen LogP contribution < -0.4 is 10.1 Å². The van der Waals surface area contributed by atoms with Crippen LogP contribution in [-0.4, -0.2) is 24.2 Å². The van der Waals surface area contributed by atoms with Gasteiger partial charge in [-0.15, -0.1) is 0 Å². The molecule has 1 aliphatic rings. The lowest BCUT2D eigenvalue weighted by Gasteiger charge is -2.30. The molecule has 3 heteroatoms. The second kappa shape index (κ2) is 5.67. The molecule has 0 spiro atoms. The molecule has 1 aromatic rings. The number of hydrogen-bond donors (Lipinski definition) is 1. The zero-order valence-corrected chi connectivity index (χ0v) is 11.6. The topological polar surface area (TPSA) is 21.3 Å². The van der Waals surface area contributed by atoms with Crippen molar-refractivity contribution >= 4 is 17.4 Å². The predicted octanol–water partition coefficient (Wildman–Crippen LogP) is 3.70. The molecule has 1 heterocycles. The molecule has 0 aromatic heterocycles. The highest BCUT2D eigenvalue weighted by Gasteiger charge is 2.22. The van der Waals surface area contributed by atoms with Crippen LogP contribution in [0.2, 0.25) is 0 Å². The van der Waals surface area contributed by atoms with Gasteiger partial charge in [-0.3, -0.25) is 0 Å². The van der Waals surface area contributed by atoms with Gasteiger partial charge in [0.15, 0.2) is 0 Å². The molecule has 1 fully saturated rings. The largest absolute Gasteiger partial charge is 0.495 e. The molecule has 94 valence electrons. The maximum atomic E-state index is 5.43. The number of anilines is 1. The molecule has 2 nitrogen and oxygen atoms in total. The minimum Gasteiger partial charge on any atom is -0.495 e. The van der Waals surface area contributed by atoms with Crippen LogP contribution in [0.4, 0.5) is 5.69 Å². The third-order valence-corrected chi connectivity index (χ3v) is 4.68. The van der Waals surface area contributed by atoms with Crippen LogP contribution in [0.15, 0.2) is 18.2 Å². The fourth-order valence-electron chi connectivity index (χ4n) is 2.23. The van der Waals surface area contributed by atoms with Crippen molar-refractivity contribution < 1.29 is 4.74 Å². The van der Waals surface area contributed by atoms with Crippen LogP contribution in [0.1, 0.15) is 25.3 Å². The van der Waals surface area contributed by atoms with E-state index in [4.69, 9.17) is 4.74 Å². The van der Waals surface area contributed by atoms with E-state index in [0.717, 1.165) is 11.4 Å². The Hall–Kier alpha value is -0.830. The van der Waals surface area contributed by atoms with E-state index in [0.29, 0.717) is 11.3 Å². The standard InChI is InChI=1S/C14H21NOS/c1-10-6-7-13(14(9-10)16-3)15-12-5-4-8-17-11(12)2/h6-7,9,11-12,15H,4-5,8H2,1-3H3. The minimum atomic E-state index is 0.561. The molecule has 1 N–H and O–H groups in total. The normalized spacial score (nSPS) is 24.4. The average Bonchev–Trinajstić information content (AvgIpc) is 2.34. The maximum Gasteiger partial charge on any atom is 0.142 e. The van der Waals surface area contributed by atoms with Crippen LogP contribution in [0, 0.1) is 6.92 Å². The Morgan fingerprint density at radius 2 is 2.24 bits per heavy atom. The van der Waals surface area contributed by atoms with Crippen molar-refractivity contribution in [2.45, 2.75) is 38.0 Å². The molecule has 0 radical (unpaired) electrons. The quantitative estimate of drug-likeness (QED) is 0.885. The summed E-state index contributed by atoms with van der Waals surface area (Å²) >= 11 is 2.06. The zero-order chi connectivity index (χ0) is 12.3. The number of ether oxygens (including phenoxy) is 1. The van der Waals surface area contributed by atoms with Gasteiger partial charge in [-0.2, -0.15) is 11.8 Å². The molecule has 0 aliphatic carbocycles. The summed E-state index contributed by atoms with van der Waals surface area (Å²) in [6.45, 7) is 4.40. The van der Waals surface area contributed by atoms with E-state index in [1.165, 1.54) is 24.2 Å². The van der Waals surface area contributed by atoms with E-state index in [9.17, 15) is 0 Å². The molecule has 2 unspecified atom stereocenters. The van der Waals surface area contributed by atoms with Crippen molar-refractivity contribution in [1.29, 1.82) is 0 Å². The summed E-state index contributed by atoms with van der Waals surface area (Å²) in [7, 11) is 1.74. The maximum absolute atomic E-state index is 5.43. The number of aryl methyl sites for hydroxylation is 1. The molecule has 0 saturated carbocycles. The third kappa shape index (κ3) is 3.09. The van der Waals surface area contributed by atoms with Gasteiger partial charge in [0, 0.05) is 11.3 Å². The highest BCUT2D eigenvalue weighted by molar-refractivity contribution is 8.00. The second-order valence-corrected chi connectivity index (χ2v) is 6.16. The molecule has 1 saturated heterocycles. The Morgan fingerprint density at radius 1 is 1.41 bits per heavy atom. The Kier molecular flexibility index (Phi) is 4.21. The van der Waals surface area contributed by atoms with E-state index >= 15 is 0 Å². The lowest BCUT2D eigenvalue weighted by atomic mass is 10.1. The number of nitrogens with one attached hydrogen (secondary N) is 1. The minimum absolute atomic E-state index is 0.561. The second-order valence-electron chi connectivity index (χ2n) is 4.67. The van der Waals surface area contributed by atoms with Gasteiger partial charge in [-0.1, -0.05) is 13.0 Å². The lowest BCUT2D eigenvalue weighted by molar-refractivity contribution is 0.415. The van der Waals surface area contributed by atoms with Crippen molar-refractivity contribution in [2.24, 2.45) is 0 Å². The van der Waals surface area contributed by atoms with Crippen LogP contribution in [0.25, 0.3) is 0 Å². The van der Waals surface area contributed by atoms with E-state index in [-0.39, 0.29) is 0 Å². The Morgan fingerprint density at radius 3 is 2.94 bits per heavy atom. The molecule has 1 aliphatic heterocycles. The number of methoxy groups -OCH3 is 1. The van der Waals surface area contributed by atoms with E-state index < -0.39 is 0 Å². The summed E-state index contributed by atoms with van der Waals surface area (Å²) in [5, 5.41) is 4.31. The van der Waals surface area contributed by atoms with Crippen LogP contribution in [0.3, 0.4) is 0 Å². The molecule has 1 aromatic carbocycles. The average molecular weight is 251 g/mol. The lowest BCUT2D eigenvalue weighted by Crippen LogP contribution is -2.32. The summed E-state index contributed by atoms with van der Waals surface area (Å²) < 4.78 is 5.43. The van der Waals surface area contributed by atoms with Crippen LogP contribution >= 0.6 is 11.8 Å². The van der Waals surface area contributed by atoms with E-state index in [1.54, 1.807) is 7.11 Å². The Balaban J connectivity index is 2.11. The van der Waals surface area contributed by atoms with E-state index in [2.05, 4.69) is 49.1 Å². The third-order valence-electron chi connectivity index (χ3n) is 3.30. The van der Waals surface area contributed by atoms with Crippen molar-refractivity contribution in [1.82, 2.24) is 0 Å². The van der Waals surface area contributed by atoms with Gasteiger partial charge in [-0.05, 0) is 43.2 Å². The van der Waals surface area contributed by atoms with Crippen molar-refractivity contribution in [3.05, 3.63) is 23.8 Å². The number of benzene rings is 1. The molecule has 17 heavy (non-hydrogen) atoms. The van der Waals surface area contributed by atoms with Gasteiger partial charge < -0.3 is 10.1 Å². The first kappa shape index (κ1) is 12.6. The van der Waals surface area contributed by atoms with Gasteiger partial charge in [0.05, 0.1) is 12.8 Å². The van der Waals surface area contributed by atoms with Gasteiger partial charge in [-0.25, -0.2) is 0 Å². The number of thioether (sulfide) groups is 1. The zero-order valence-electron chi connectivity index (χ0n) is 10.8. The fourth-order valence-corrected chi connectivity index (χ4v) is 3.37. The van der Waals surface area contributed by atoms with Crippen molar-refractivity contribution in [2.75, 3.05) is 18.2 Å². The predicted molar refractivity (Wildman–Crippen MR) is 76.3 cm³/mol. The summed E-state index contributed by atoms with van der Waals surface area (Å²) in [6, 6.07) is 6.90. The first-order valence-electron chi connectivity index (χ1n) is 6.23. The summed E-state index contributed by atoms with van der Waals surface area (Å²) in [5.41, 5.74) is 2.36. The van der Waals surface area contributed by atoms with Crippen molar-refractivity contribution in [3.63, 3.8) is 0 Å². The van der Waals surface area contributed by atoms with Crippen LogP contribution in [0.5, 0.6) is 5.75 Å². The van der Waals surface area contributed by atoms with E-state index in [1.807, 2.05) is 0 Å². The molecule has 2 atom stereocenters. The highest BCUT2D eigenvalue weighted by atomic mass is 32.2. The Bertz CT molecular complexity index is 380. The summed E-state index contributed by atoms with van der Waals surface area (Å²) in [6.07, 6.45) is 2.56. The van der Waals surface area contributed by atoms with Gasteiger partial charge in [0.1, 0.15) is 5.75 Å². The number of hydrogen-bond acceptors (Lipinski definition) is 3. The first-order valence-corrected chi connectivity index (χ1v) is 7.28. The van der Waals surface area contributed by atoms with Gasteiger partial charge >= 0.3 is 0 Å². The fraction of sp³-hybridized carbons (Fsp3) is 0.571. The molecular formula is C14H21NOS. The van der Waals surface area contributed by atoms with Gasteiger partial charge in [0.2, 0.25) is 0 Å². The van der Waals surface area contributed by atoms with Crippen LogP contribution in [-0.2, 0) is 0 Å². The molecule has 0 bridgehead atoms. The Labute approximate surface area is 108 Å². The molecular weight excluding hydrogens is 230 g/mol. The summed E-state index contributed by atoms with van der Waals surface area (Å²) in [4.78, 5) is 0. The first-order chi connectivity index (χ1) is 8.20. The SMILES string of the molecule is COc1cc(C)ccc1NC1CCCSC1C. The molecule has 2 rings (SSSR count).